The Kier molecular flexibility index (Phi) is 4.79. The monoisotopic (exact) mass is 419 g/mol. The molecule has 0 aliphatic carbocycles. The number of fused-ring (bicyclic) bond motifs is 1. The minimum atomic E-state index is -4.37. The van der Waals surface area contributed by atoms with Gasteiger partial charge >= 0.3 is 12.1 Å². The first-order valence-electron chi connectivity index (χ1n) is 8.38. The van der Waals surface area contributed by atoms with E-state index in [9.17, 15) is 18.0 Å². The quantitative estimate of drug-likeness (QED) is 0.509. The van der Waals surface area contributed by atoms with Crippen molar-refractivity contribution in [1.82, 2.24) is 15.2 Å². The normalized spacial score (nSPS) is 11.8. The second-order valence-corrected chi connectivity index (χ2v) is 7.32. The Hall–Kier alpha value is -3.27. The molecule has 0 saturated carbocycles. The van der Waals surface area contributed by atoms with E-state index in [1.807, 2.05) is 6.07 Å². The maximum absolute atomic E-state index is 12.7. The van der Waals surface area contributed by atoms with Gasteiger partial charge in [0.25, 0.3) is 0 Å². The maximum Gasteiger partial charge on any atom is 0.416 e. The smallest absolute Gasteiger partial charge is 0.416 e. The highest BCUT2D eigenvalue weighted by Gasteiger charge is 2.30. The second-order valence-electron chi connectivity index (χ2n) is 6.20. The van der Waals surface area contributed by atoms with Crippen molar-refractivity contribution >= 4 is 27.5 Å². The third-order valence-corrected chi connectivity index (χ3v) is 5.11. The third kappa shape index (κ3) is 4.27. The molecule has 2 aromatic carbocycles. The van der Waals surface area contributed by atoms with Crippen LogP contribution in [0.3, 0.4) is 0 Å². The molecule has 0 fully saturated rings. The third-order valence-electron chi connectivity index (χ3n) is 4.09. The zero-order chi connectivity index (χ0) is 20.6. The molecule has 0 amide bonds. The van der Waals surface area contributed by atoms with Crippen LogP contribution in [0.2, 0.25) is 0 Å². The van der Waals surface area contributed by atoms with Crippen LogP contribution in [-0.2, 0) is 23.8 Å². The molecule has 29 heavy (non-hydrogen) atoms. The van der Waals surface area contributed by atoms with Gasteiger partial charge in [-0.15, -0.1) is 21.5 Å². The Morgan fingerprint density at radius 3 is 2.41 bits per heavy atom. The summed E-state index contributed by atoms with van der Waals surface area (Å²) < 4.78 is 44.3. The minimum Gasteiger partial charge on any atom is -0.481 e. The maximum atomic E-state index is 12.7. The van der Waals surface area contributed by atoms with E-state index in [4.69, 9.17) is 9.52 Å². The van der Waals surface area contributed by atoms with Crippen molar-refractivity contribution in [3.8, 4) is 11.1 Å². The molecular weight excluding hydrogens is 407 g/mol. The molecule has 4 aromatic rings. The molecule has 10 heteroatoms. The van der Waals surface area contributed by atoms with Gasteiger partial charge in [-0.2, -0.15) is 13.2 Å². The van der Waals surface area contributed by atoms with Crippen molar-refractivity contribution in [2.75, 3.05) is 0 Å². The van der Waals surface area contributed by atoms with Crippen LogP contribution < -0.4 is 0 Å². The lowest BCUT2D eigenvalue weighted by Crippen LogP contribution is -2.03. The molecule has 0 aliphatic heterocycles. The molecule has 0 radical (unpaired) electrons. The van der Waals surface area contributed by atoms with E-state index in [1.165, 1.54) is 23.5 Å². The largest absolute Gasteiger partial charge is 0.481 e. The van der Waals surface area contributed by atoms with Crippen molar-refractivity contribution in [2.24, 2.45) is 0 Å². The summed E-state index contributed by atoms with van der Waals surface area (Å²) in [5, 5.41) is 17.0. The van der Waals surface area contributed by atoms with Crippen molar-refractivity contribution < 1.29 is 27.5 Å². The second kappa shape index (κ2) is 7.28. The Balaban J connectivity index is 1.56. The molecule has 1 N–H and O–H groups in total. The van der Waals surface area contributed by atoms with E-state index in [2.05, 4.69) is 15.2 Å². The van der Waals surface area contributed by atoms with Crippen LogP contribution in [0.4, 0.5) is 13.2 Å². The van der Waals surface area contributed by atoms with E-state index in [-0.39, 0.29) is 24.6 Å². The van der Waals surface area contributed by atoms with E-state index in [0.29, 0.717) is 10.6 Å². The highest BCUT2D eigenvalue weighted by molar-refractivity contribution is 7.18. The SMILES string of the molecule is O=C(O)Cc1nnc(Cc2nc3ccc(-c4ccc(C(F)(F)F)cc4)cc3s2)o1. The summed E-state index contributed by atoms with van der Waals surface area (Å²) in [5.74, 6) is -0.766. The summed E-state index contributed by atoms with van der Waals surface area (Å²) in [7, 11) is 0. The number of aliphatic carboxylic acids is 1. The highest BCUT2D eigenvalue weighted by Crippen LogP contribution is 2.33. The zero-order valence-corrected chi connectivity index (χ0v) is 15.4. The molecule has 6 nitrogen and oxygen atoms in total. The number of hydrogen-bond donors (Lipinski definition) is 1. The molecule has 0 unspecified atom stereocenters. The van der Waals surface area contributed by atoms with Gasteiger partial charge in [-0.3, -0.25) is 4.79 Å². The number of carbonyl (C=O) groups is 1. The fourth-order valence-corrected chi connectivity index (χ4v) is 3.77. The molecule has 0 saturated heterocycles. The van der Waals surface area contributed by atoms with Gasteiger partial charge in [0, 0.05) is 0 Å². The molecular formula is C19H12F3N3O3S. The number of carboxylic acids is 1. The first-order valence-corrected chi connectivity index (χ1v) is 9.20. The number of halogens is 3. The summed E-state index contributed by atoms with van der Waals surface area (Å²) in [6, 6.07) is 10.5. The summed E-state index contributed by atoms with van der Waals surface area (Å²) in [6.45, 7) is 0. The predicted molar refractivity (Wildman–Crippen MR) is 98.5 cm³/mol. The highest BCUT2D eigenvalue weighted by atomic mass is 32.1. The van der Waals surface area contributed by atoms with Crippen molar-refractivity contribution in [3.63, 3.8) is 0 Å². The molecule has 4 rings (SSSR count). The van der Waals surface area contributed by atoms with Crippen LogP contribution in [0.15, 0.2) is 46.9 Å². The first-order chi connectivity index (χ1) is 13.8. The number of rotatable bonds is 5. The van der Waals surface area contributed by atoms with Crippen LogP contribution in [0.1, 0.15) is 22.4 Å². The molecule has 148 valence electrons. The average Bonchev–Trinajstić information content (AvgIpc) is 3.26. The topological polar surface area (TPSA) is 89.1 Å². The number of nitrogens with zero attached hydrogens (tertiary/aromatic N) is 3. The Labute approximate surface area is 165 Å². The van der Waals surface area contributed by atoms with Crippen LogP contribution in [0, 0.1) is 0 Å². The Bertz CT molecular complexity index is 1180. The van der Waals surface area contributed by atoms with Crippen LogP contribution >= 0.6 is 11.3 Å². The lowest BCUT2D eigenvalue weighted by molar-refractivity contribution is -0.138. The van der Waals surface area contributed by atoms with Gasteiger partial charge in [-0.25, -0.2) is 4.98 Å². The van der Waals surface area contributed by atoms with Crippen molar-refractivity contribution in [1.29, 1.82) is 0 Å². The predicted octanol–water partition coefficient (Wildman–Crippen LogP) is 4.58. The van der Waals surface area contributed by atoms with Gasteiger partial charge in [0.1, 0.15) is 11.4 Å². The summed E-state index contributed by atoms with van der Waals surface area (Å²) in [5.41, 5.74) is 1.50. The lowest BCUT2D eigenvalue weighted by atomic mass is 10.0. The van der Waals surface area contributed by atoms with E-state index in [0.717, 1.165) is 27.9 Å². The summed E-state index contributed by atoms with van der Waals surface area (Å²) in [6.07, 6.45) is -4.45. The van der Waals surface area contributed by atoms with E-state index < -0.39 is 17.7 Å². The fourth-order valence-electron chi connectivity index (χ4n) is 2.77. The summed E-state index contributed by atoms with van der Waals surface area (Å²) >= 11 is 1.40. The Morgan fingerprint density at radius 1 is 1.03 bits per heavy atom. The van der Waals surface area contributed by atoms with Crippen LogP contribution in [-0.4, -0.2) is 26.3 Å². The van der Waals surface area contributed by atoms with Gasteiger partial charge in [0.05, 0.1) is 22.2 Å². The van der Waals surface area contributed by atoms with Crippen LogP contribution in [0.25, 0.3) is 21.3 Å². The van der Waals surface area contributed by atoms with Gasteiger partial charge in [0.2, 0.25) is 11.8 Å². The van der Waals surface area contributed by atoms with Gasteiger partial charge in [-0.1, -0.05) is 18.2 Å². The molecule has 2 heterocycles. The molecule has 2 aromatic heterocycles. The average molecular weight is 419 g/mol. The minimum absolute atomic E-state index is 0.0261. The molecule has 0 bridgehead atoms. The molecule has 0 atom stereocenters. The lowest BCUT2D eigenvalue weighted by Gasteiger charge is -2.07. The summed E-state index contributed by atoms with van der Waals surface area (Å²) in [4.78, 5) is 15.2. The van der Waals surface area contributed by atoms with Crippen molar-refractivity contribution in [3.05, 3.63) is 64.8 Å². The number of benzene rings is 2. The molecule has 0 spiro atoms. The van der Waals surface area contributed by atoms with Crippen molar-refractivity contribution in [2.45, 2.75) is 19.0 Å². The van der Waals surface area contributed by atoms with E-state index >= 15 is 0 Å². The number of carboxylic acid groups (broad SMARTS) is 1. The van der Waals surface area contributed by atoms with Gasteiger partial charge in [-0.05, 0) is 35.4 Å². The number of hydrogen-bond acceptors (Lipinski definition) is 6. The Morgan fingerprint density at radius 2 is 1.72 bits per heavy atom. The van der Waals surface area contributed by atoms with E-state index in [1.54, 1.807) is 12.1 Å². The first kappa shape index (κ1) is 19.1. The molecule has 0 aliphatic rings. The number of alkyl halides is 3. The zero-order valence-electron chi connectivity index (χ0n) is 14.6. The fraction of sp³-hybridized carbons (Fsp3) is 0.158. The number of thiazole rings is 1. The standard InChI is InChI=1S/C19H12F3N3O3S/c20-19(21,22)12-4-1-10(2-5-12)11-3-6-13-14(7-11)29-17(23-13)8-15-24-25-16(28-15)9-18(26)27/h1-7H,8-9H2,(H,26,27). The van der Waals surface area contributed by atoms with Gasteiger partial charge < -0.3 is 9.52 Å². The number of aromatic nitrogens is 3. The van der Waals surface area contributed by atoms with Crippen LogP contribution in [0.5, 0.6) is 0 Å². The van der Waals surface area contributed by atoms with Gasteiger partial charge in [0.15, 0.2) is 0 Å².